The van der Waals surface area contributed by atoms with Crippen molar-refractivity contribution in [3.05, 3.63) is 40.1 Å². The van der Waals surface area contributed by atoms with Gasteiger partial charge in [0.25, 0.3) is 0 Å². The van der Waals surface area contributed by atoms with Gasteiger partial charge in [0, 0.05) is 37.2 Å². The molecular formula is C22H27Cl2N5O2S. The number of nitrogens with two attached hydrogens (primary N) is 1. The quantitative estimate of drug-likeness (QED) is 0.650. The molecule has 7 nitrogen and oxygen atoms in total. The summed E-state index contributed by atoms with van der Waals surface area (Å²) in [5, 5.41) is 4.92. The summed E-state index contributed by atoms with van der Waals surface area (Å²) < 4.78 is 5.36. The molecule has 0 unspecified atom stereocenters. The average molecular weight is 496 g/mol. The number of rotatable bonds is 5. The van der Waals surface area contributed by atoms with E-state index in [-0.39, 0.29) is 11.9 Å². The van der Waals surface area contributed by atoms with Crippen molar-refractivity contribution in [1.82, 2.24) is 15.3 Å². The van der Waals surface area contributed by atoms with Crippen molar-refractivity contribution in [3.63, 3.8) is 0 Å². The standard InChI is InChI=1S/C22H27Cl2N5O2S/c1-14-20(32-17-4-2-3-16(23)19(17)24)26-13-18(27-14)29-9-7-22(25,8-10-29)21(30)28-15-5-11-31-12-6-15/h2-4,13,15H,5-12,25H2,1H3,(H,28,30). The Morgan fingerprint density at radius 3 is 2.69 bits per heavy atom. The van der Waals surface area contributed by atoms with Crippen LogP contribution in [0.1, 0.15) is 31.4 Å². The minimum Gasteiger partial charge on any atom is -0.381 e. The molecule has 2 saturated heterocycles. The number of hydrogen-bond donors (Lipinski definition) is 2. The third-order valence-corrected chi connectivity index (χ3v) is 8.09. The predicted octanol–water partition coefficient (Wildman–Crippen LogP) is 3.84. The van der Waals surface area contributed by atoms with Crippen molar-refractivity contribution in [3.8, 4) is 0 Å². The van der Waals surface area contributed by atoms with Crippen LogP contribution in [0, 0.1) is 6.92 Å². The second-order valence-corrected chi connectivity index (χ2v) is 10.1. The number of nitrogens with zero attached hydrogens (tertiary/aromatic N) is 3. The number of nitrogens with one attached hydrogen (secondary N) is 1. The number of hydrogen-bond acceptors (Lipinski definition) is 7. The smallest absolute Gasteiger partial charge is 0.240 e. The van der Waals surface area contributed by atoms with Gasteiger partial charge in [-0.05, 0) is 44.7 Å². The summed E-state index contributed by atoms with van der Waals surface area (Å²) in [7, 11) is 0. The molecule has 4 rings (SSSR count). The molecule has 32 heavy (non-hydrogen) atoms. The lowest BCUT2D eigenvalue weighted by atomic mass is 9.87. The molecule has 3 N–H and O–H groups in total. The number of aromatic nitrogens is 2. The van der Waals surface area contributed by atoms with E-state index in [1.807, 2.05) is 19.1 Å². The maximum absolute atomic E-state index is 12.8. The van der Waals surface area contributed by atoms with E-state index in [0.29, 0.717) is 49.2 Å². The van der Waals surface area contributed by atoms with Crippen LogP contribution in [0.2, 0.25) is 10.0 Å². The molecule has 2 aliphatic heterocycles. The second kappa shape index (κ2) is 10.1. The predicted molar refractivity (Wildman–Crippen MR) is 128 cm³/mol. The second-order valence-electron chi connectivity index (χ2n) is 8.28. The van der Waals surface area contributed by atoms with Gasteiger partial charge in [-0.2, -0.15) is 0 Å². The number of benzene rings is 1. The zero-order valence-corrected chi connectivity index (χ0v) is 20.3. The first-order valence-electron chi connectivity index (χ1n) is 10.7. The van der Waals surface area contributed by atoms with Crippen LogP contribution in [0.15, 0.2) is 34.3 Å². The van der Waals surface area contributed by atoms with Gasteiger partial charge in [0.2, 0.25) is 5.91 Å². The summed E-state index contributed by atoms with van der Waals surface area (Å²) in [6, 6.07) is 5.68. The van der Waals surface area contributed by atoms with Crippen LogP contribution in [-0.4, -0.2) is 53.8 Å². The van der Waals surface area contributed by atoms with E-state index in [1.165, 1.54) is 11.8 Å². The number of halogens is 2. The van der Waals surface area contributed by atoms with Crippen LogP contribution < -0.4 is 16.0 Å². The number of carbonyl (C=O) groups excluding carboxylic acids is 1. The molecule has 0 atom stereocenters. The first kappa shape index (κ1) is 23.6. The van der Waals surface area contributed by atoms with E-state index in [2.05, 4.69) is 15.2 Å². The number of piperidine rings is 1. The summed E-state index contributed by atoms with van der Waals surface area (Å²) in [5.74, 6) is 0.729. The fourth-order valence-corrected chi connectivity index (χ4v) is 5.24. The summed E-state index contributed by atoms with van der Waals surface area (Å²) >= 11 is 13.9. The Kier molecular flexibility index (Phi) is 7.47. The SMILES string of the molecule is Cc1nc(N2CCC(N)(C(=O)NC3CCOCC3)CC2)cnc1Sc1cccc(Cl)c1Cl. The van der Waals surface area contributed by atoms with Crippen LogP contribution in [0.25, 0.3) is 0 Å². The monoisotopic (exact) mass is 495 g/mol. The van der Waals surface area contributed by atoms with Gasteiger partial charge < -0.3 is 20.7 Å². The number of ether oxygens (including phenoxy) is 1. The molecule has 0 bridgehead atoms. The van der Waals surface area contributed by atoms with Gasteiger partial charge >= 0.3 is 0 Å². The van der Waals surface area contributed by atoms with Gasteiger partial charge in [0.05, 0.1) is 27.5 Å². The molecule has 2 fully saturated rings. The fourth-order valence-electron chi connectivity index (χ4n) is 3.91. The van der Waals surface area contributed by atoms with Crippen LogP contribution in [0.4, 0.5) is 5.82 Å². The molecule has 1 aromatic carbocycles. The molecule has 0 saturated carbocycles. The van der Waals surface area contributed by atoms with Gasteiger partial charge in [0.15, 0.2) is 0 Å². The van der Waals surface area contributed by atoms with E-state index in [0.717, 1.165) is 34.3 Å². The Hall–Kier alpha value is -1.58. The molecule has 2 aliphatic rings. The van der Waals surface area contributed by atoms with Gasteiger partial charge in [-0.15, -0.1) is 0 Å². The Morgan fingerprint density at radius 1 is 1.28 bits per heavy atom. The van der Waals surface area contributed by atoms with Crippen molar-refractivity contribution in [2.24, 2.45) is 5.73 Å². The molecule has 3 heterocycles. The first-order chi connectivity index (χ1) is 15.4. The lowest BCUT2D eigenvalue weighted by molar-refractivity contribution is -0.128. The van der Waals surface area contributed by atoms with Crippen molar-refractivity contribution in [1.29, 1.82) is 0 Å². The Labute approximate surface area is 202 Å². The summed E-state index contributed by atoms with van der Waals surface area (Å²) in [6.07, 6.45) is 4.58. The normalized spacial score (nSPS) is 19.1. The van der Waals surface area contributed by atoms with Gasteiger partial charge in [0.1, 0.15) is 10.8 Å². The first-order valence-corrected chi connectivity index (χ1v) is 12.3. The molecule has 10 heteroatoms. The fraction of sp³-hybridized carbons (Fsp3) is 0.500. The molecule has 0 spiro atoms. The molecule has 1 aromatic heterocycles. The van der Waals surface area contributed by atoms with Crippen molar-refractivity contribution in [2.45, 2.75) is 54.1 Å². The van der Waals surface area contributed by atoms with Crippen LogP contribution in [0.3, 0.4) is 0 Å². The lowest BCUT2D eigenvalue weighted by Crippen LogP contribution is -2.61. The summed E-state index contributed by atoms with van der Waals surface area (Å²) in [6.45, 7) is 4.60. The Morgan fingerprint density at radius 2 is 2.00 bits per heavy atom. The van der Waals surface area contributed by atoms with Crippen LogP contribution >= 0.6 is 35.0 Å². The van der Waals surface area contributed by atoms with Gasteiger partial charge in [-0.3, -0.25) is 4.79 Å². The van der Waals surface area contributed by atoms with E-state index >= 15 is 0 Å². The zero-order valence-electron chi connectivity index (χ0n) is 17.9. The largest absolute Gasteiger partial charge is 0.381 e. The molecule has 2 aromatic rings. The molecule has 172 valence electrons. The highest BCUT2D eigenvalue weighted by Crippen LogP contribution is 2.37. The Bertz CT molecular complexity index is 979. The van der Waals surface area contributed by atoms with E-state index < -0.39 is 5.54 Å². The topological polar surface area (TPSA) is 93.4 Å². The van der Waals surface area contributed by atoms with Gasteiger partial charge in [-0.25, -0.2) is 9.97 Å². The summed E-state index contributed by atoms with van der Waals surface area (Å²) in [5.41, 5.74) is 6.45. The van der Waals surface area contributed by atoms with Crippen LogP contribution in [0.5, 0.6) is 0 Å². The number of aryl methyl sites for hydroxylation is 1. The summed E-state index contributed by atoms with van der Waals surface area (Å²) in [4.78, 5) is 25.1. The average Bonchev–Trinajstić information content (AvgIpc) is 2.79. The third kappa shape index (κ3) is 5.31. The van der Waals surface area contributed by atoms with Crippen molar-refractivity contribution >= 4 is 46.7 Å². The minimum atomic E-state index is -0.851. The highest BCUT2D eigenvalue weighted by atomic mass is 35.5. The highest BCUT2D eigenvalue weighted by Gasteiger charge is 2.39. The maximum atomic E-state index is 12.8. The Balaban J connectivity index is 1.37. The van der Waals surface area contributed by atoms with E-state index in [1.54, 1.807) is 12.3 Å². The molecule has 1 amide bonds. The number of anilines is 1. The van der Waals surface area contributed by atoms with Gasteiger partial charge in [-0.1, -0.05) is 41.0 Å². The van der Waals surface area contributed by atoms with Crippen LogP contribution in [-0.2, 0) is 9.53 Å². The number of carbonyl (C=O) groups is 1. The zero-order chi connectivity index (χ0) is 22.7. The minimum absolute atomic E-state index is 0.0588. The molecular weight excluding hydrogens is 469 g/mol. The highest BCUT2D eigenvalue weighted by molar-refractivity contribution is 7.99. The number of amides is 1. The van der Waals surface area contributed by atoms with Crippen molar-refractivity contribution in [2.75, 3.05) is 31.2 Å². The van der Waals surface area contributed by atoms with Crippen molar-refractivity contribution < 1.29 is 9.53 Å². The van der Waals surface area contributed by atoms with E-state index in [9.17, 15) is 4.79 Å². The maximum Gasteiger partial charge on any atom is 0.240 e. The molecule has 0 radical (unpaired) electrons. The third-order valence-electron chi connectivity index (χ3n) is 6.00. The van der Waals surface area contributed by atoms with E-state index in [4.69, 9.17) is 38.7 Å². The molecule has 0 aliphatic carbocycles. The lowest BCUT2D eigenvalue weighted by Gasteiger charge is -2.39.